The summed E-state index contributed by atoms with van der Waals surface area (Å²) in [5.74, 6) is -0.571. The van der Waals surface area contributed by atoms with Gasteiger partial charge >= 0.3 is 12.1 Å². The molecule has 0 aromatic heterocycles. The van der Waals surface area contributed by atoms with Crippen molar-refractivity contribution >= 4 is 12.1 Å². The van der Waals surface area contributed by atoms with Crippen LogP contribution in [-0.2, 0) is 14.3 Å². The van der Waals surface area contributed by atoms with E-state index < -0.39 is 29.3 Å². The highest BCUT2D eigenvalue weighted by atomic mass is 16.6. The number of carbonyl (C=O) groups is 2. The van der Waals surface area contributed by atoms with Crippen LogP contribution in [0.4, 0.5) is 4.79 Å². The van der Waals surface area contributed by atoms with E-state index in [4.69, 9.17) is 14.7 Å². The first-order chi connectivity index (χ1) is 8.94. The van der Waals surface area contributed by atoms with Gasteiger partial charge in [-0.15, -0.1) is 0 Å². The molecule has 0 aromatic carbocycles. The van der Waals surface area contributed by atoms with Crippen LogP contribution in [0.25, 0.3) is 0 Å². The molecule has 0 spiro atoms. The van der Waals surface area contributed by atoms with Crippen molar-refractivity contribution in [2.75, 3.05) is 0 Å². The van der Waals surface area contributed by atoms with E-state index in [1.807, 2.05) is 6.07 Å². The normalized spacial score (nSPS) is 13.1. The number of esters is 1. The van der Waals surface area contributed by atoms with Crippen LogP contribution in [0, 0.1) is 11.3 Å². The van der Waals surface area contributed by atoms with Gasteiger partial charge in [0.05, 0.1) is 6.07 Å². The highest BCUT2D eigenvalue weighted by Gasteiger charge is 2.28. The van der Waals surface area contributed by atoms with Gasteiger partial charge in [-0.25, -0.2) is 9.59 Å². The van der Waals surface area contributed by atoms with E-state index in [2.05, 4.69) is 5.32 Å². The first-order valence-electron chi connectivity index (χ1n) is 6.54. The van der Waals surface area contributed by atoms with Gasteiger partial charge in [-0.1, -0.05) is 0 Å². The summed E-state index contributed by atoms with van der Waals surface area (Å²) in [6.07, 6.45) is -0.379. The van der Waals surface area contributed by atoms with Crippen molar-refractivity contribution in [2.24, 2.45) is 0 Å². The third-order valence-electron chi connectivity index (χ3n) is 1.93. The van der Waals surface area contributed by atoms with E-state index in [-0.39, 0.29) is 12.8 Å². The van der Waals surface area contributed by atoms with Crippen LogP contribution in [0.5, 0.6) is 0 Å². The Labute approximate surface area is 120 Å². The third-order valence-corrected chi connectivity index (χ3v) is 1.93. The molecule has 1 amide bonds. The van der Waals surface area contributed by atoms with Gasteiger partial charge in [0.25, 0.3) is 0 Å². The fraction of sp³-hybridized carbons (Fsp3) is 0.786. The van der Waals surface area contributed by atoms with Crippen LogP contribution in [0.3, 0.4) is 0 Å². The molecule has 6 nitrogen and oxygen atoms in total. The molecular weight excluding hydrogens is 262 g/mol. The summed E-state index contributed by atoms with van der Waals surface area (Å²) in [6, 6.07) is 1.05. The standard InChI is InChI=1S/C14H24N2O4/c1-13(2,3)19-11(17)10(8-7-9-15)16-12(18)20-14(4,5)6/h10H,7-8H2,1-6H3,(H,16,18)/t10-/m0/s1/i9+1,15+1. The Bertz CT molecular complexity index is 385. The Balaban J connectivity index is 4.69. The molecule has 0 aliphatic rings. The Kier molecular flexibility index (Phi) is 6.50. The quantitative estimate of drug-likeness (QED) is 0.487. The van der Waals surface area contributed by atoms with Gasteiger partial charge in [-0.3, -0.25) is 0 Å². The largest absolute Gasteiger partial charge is 0.458 e. The number of rotatable bonds is 4. The van der Waals surface area contributed by atoms with Gasteiger partial charge in [-0.05, 0) is 48.0 Å². The van der Waals surface area contributed by atoms with Gasteiger partial charge in [0.2, 0.25) is 0 Å². The summed E-state index contributed by atoms with van der Waals surface area (Å²) >= 11 is 0. The number of nitrogens with one attached hydrogen (secondary N) is 1. The lowest BCUT2D eigenvalue weighted by Crippen LogP contribution is -2.46. The highest BCUT2D eigenvalue weighted by Crippen LogP contribution is 2.12. The molecule has 0 aliphatic carbocycles. The first kappa shape index (κ1) is 18.2. The lowest BCUT2D eigenvalue weighted by Gasteiger charge is -2.25. The number of carbonyl (C=O) groups excluding carboxylic acids is 2. The number of hydrogen-bond donors (Lipinski definition) is 1. The van der Waals surface area contributed by atoms with Gasteiger partial charge in [-0.2, -0.15) is 5.26 Å². The minimum atomic E-state index is -0.885. The van der Waals surface area contributed by atoms with Crippen molar-refractivity contribution in [1.82, 2.24) is 5.32 Å². The predicted octanol–water partition coefficient (Wildman–Crippen LogP) is 2.53. The fourth-order valence-electron chi connectivity index (χ4n) is 1.28. The molecule has 0 aromatic rings. The van der Waals surface area contributed by atoms with E-state index in [0.717, 1.165) is 0 Å². The lowest BCUT2D eigenvalue weighted by atomic mass is 10.1. The smallest absolute Gasteiger partial charge is 0.408 e. The van der Waals surface area contributed by atoms with Crippen LogP contribution in [0.15, 0.2) is 0 Å². The summed E-state index contributed by atoms with van der Waals surface area (Å²) in [5.41, 5.74) is -1.31. The minimum Gasteiger partial charge on any atom is -0.458 e. The van der Waals surface area contributed by atoms with E-state index >= 15 is 0 Å². The zero-order chi connectivity index (χ0) is 16.0. The maximum atomic E-state index is 12.0. The van der Waals surface area contributed by atoms with Crippen molar-refractivity contribution in [3.8, 4) is 6.07 Å². The van der Waals surface area contributed by atoms with Crippen LogP contribution >= 0.6 is 0 Å². The molecule has 6 heteroatoms. The second-order valence-electron chi connectivity index (χ2n) is 6.43. The number of ether oxygens (including phenoxy) is 2. The Morgan fingerprint density at radius 2 is 1.60 bits per heavy atom. The zero-order valence-corrected chi connectivity index (χ0v) is 13.1. The zero-order valence-electron chi connectivity index (χ0n) is 13.1. The van der Waals surface area contributed by atoms with Crippen LogP contribution in [0.1, 0.15) is 54.4 Å². The summed E-state index contributed by atoms with van der Waals surface area (Å²) < 4.78 is 10.3. The second-order valence-corrected chi connectivity index (χ2v) is 6.43. The number of hydrogen-bond acceptors (Lipinski definition) is 5. The van der Waals surface area contributed by atoms with Gasteiger partial charge < -0.3 is 14.8 Å². The molecule has 0 saturated heterocycles. The molecule has 0 unspecified atom stereocenters. The predicted molar refractivity (Wildman–Crippen MR) is 73.8 cm³/mol. The number of amides is 1. The Morgan fingerprint density at radius 1 is 1.10 bits per heavy atom. The Morgan fingerprint density at radius 3 is 2.00 bits per heavy atom. The van der Waals surface area contributed by atoms with Gasteiger partial charge in [0.15, 0.2) is 0 Å². The van der Waals surface area contributed by atoms with Crippen molar-refractivity contribution in [2.45, 2.75) is 71.6 Å². The molecule has 114 valence electrons. The monoisotopic (exact) mass is 286 g/mol. The van der Waals surface area contributed by atoms with Crippen molar-refractivity contribution in [1.29, 1.82) is 5.26 Å². The molecule has 0 aliphatic heterocycles. The molecule has 0 rings (SSSR count). The minimum absolute atomic E-state index is 0.139. The average molecular weight is 286 g/mol. The number of nitrogens with zero attached hydrogens (tertiary/aromatic N) is 1. The van der Waals surface area contributed by atoms with Gasteiger partial charge in [0, 0.05) is 6.42 Å². The molecule has 0 heterocycles. The fourth-order valence-corrected chi connectivity index (χ4v) is 1.28. The van der Waals surface area contributed by atoms with Crippen LogP contribution in [0.2, 0.25) is 0 Å². The maximum Gasteiger partial charge on any atom is 0.408 e. The maximum absolute atomic E-state index is 12.0. The van der Waals surface area contributed by atoms with Crippen LogP contribution < -0.4 is 5.32 Å². The van der Waals surface area contributed by atoms with E-state index in [0.29, 0.717) is 0 Å². The highest BCUT2D eigenvalue weighted by molar-refractivity contribution is 5.81. The topological polar surface area (TPSA) is 88.4 Å². The van der Waals surface area contributed by atoms with Gasteiger partial charge in [0.1, 0.15) is 17.2 Å². The van der Waals surface area contributed by atoms with Crippen molar-refractivity contribution in [3.05, 3.63) is 0 Å². The molecule has 0 bridgehead atoms. The molecule has 20 heavy (non-hydrogen) atoms. The van der Waals surface area contributed by atoms with E-state index in [1.165, 1.54) is 0 Å². The van der Waals surface area contributed by atoms with E-state index in [1.54, 1.807) is 41.5 Å². The molecule has 1 N–H and O–H groups in total. The summed E-state index contributed by atoms with van der Waals surface area (Å²) in [7, 11) is 0. The summed E-state index contributed by atoms with van der Waals surface area (Å²) in [6.45, 7) is 10.4. The van der Waals surface area contributed by atoms with E-state index in [9.17, 15) is 9.59 Å². The lowest BCUT2D eigenvalue weighted by molar-refractivity contribution is -0.157. The summed E-state index contributed by atoms with van der Waals surface area (Å²) in [4.78, 5) is 23.6. The molecule has 0 radical (unpaired) electrons. The number of alkyl carbamates (subject to hydrolysis) is 1. The number of nitriles is 1. The molecule has 0 saturated carbocycles. The summed E-state index contributed by atoms with van der Waals surface area (Å²) in [5, 5.41) is 11.0. The first-order valence-corrected chi connectivity index (χ1v) is 6.54. The molecule has 1 atom stereocenters. The molecular formula is C14H24N2O4. The van der Waals surface area contributed by atoms with Crippen molar-refractivity contribution < 1.29 is 19.1 Å². The Hall–Kier alpha value is -1.77. The van der Waals surface area contributed by atoms with Crippen LogP contribution in [-0.4, -0.2) is 29.3 Å². The van der Waals surface area contributed by atoms with Crippen molar-refractivity contribution in [3.63, 3.8) is 0 Å². The third kappa shape index (κ3) is 9.20. The molecule has 0 fully saturated rings. The second kappa shape index (κ2) is 7.13. The SMILES string of the molecule is CC(C)(C)OC(=O)N[C@@H](CC[13C]#[15N])C(=O)OC(C)(C)C. The average Bonchev–Trinajstić information content (AvgIpc) is 2.18.